The molecule has 0 aromatic heterocycles. The largest absolute Gasteiger partial charge is 0.469 e. The molecule has 0 radical (unpaired) electrons. The average molecular weight is 265 g/mol. The van der Waals surface area contributed by atoms with Gasteiger partial charge in [-0.1, -0.05) is 12.1 Å². The van der Waals surface area contributed by atoms with Gasteiger partial charge in [-0.15, -0.1) is 0 Å². The fourth-order valence-corrected chi connectivity index (χ4v) is 1.60. The molecule has 0 aliphatic rings. The van der Waals surface area contributed by atoms with Crippen molar-refractivity contribution in [3.05, 3.63) is 29.8 Å². The van der Waals surface area contributed by atoms with Gasteiger partial charge in [-0.3, -0.25) is 4.79 Å². The summed E-state index contributed by atoms with van der Waals surface area (Å²) >= 11 is 0. The van der Waals surface area contributed by atoms with E-state index in [0.29, 0.717) is 18.8 Å². The molecule has 0 N–H and O–H groups in total. The van der Waals surface area contributed by atoms with Crippen molar-refractivity contribution in [3.63, 3.8) is 0 Å². The first-order valence-electron chi connectivity index (χ1n) is 6.23. The van der Waals surface area contributed by atoms with Gasteiger partial charge in [0, 0.05) is 13.1 Å². The highest BCUT2D eigenvalue weighted by Crippen LogP contribution is 2.15. The van der Waals surface area contributed by atoms with Crippen LogP contribution in [0.15, 0.2) is 24.3 Å². The Labute approximate surface area is 113 Å². The summed E-state index contributed by atoms with van der Waals surface area (Å²) < 4.78 is 9.84. The van der Waals surface area contributed by atoms with Gasteiger partial charge in [0.25, 0.3) is 0 Å². The molecular weight excluding hydrogens is 246 g/mol. The van der Waals surface area contributed by atoms with Gasteiger partial charge < -0.3 is 14.4 Å². The van der Waals surface area contributed by atoms with Crippen molar-refractivity contribution >= 4 is 12.1 Å². The van der Waals surface area contributed by atoms with Crippen LogP contribution in [-0.2, 0) is 16.0 Å². The second-order valence-corrected chi connectivity index (χ2v) is 3.94. The number of methoxy groups -OCH3 is 1. The lowest BCUT2D eigenvalue weighted by Gasteiger charge is -2.18. The van der Waals surface area contributed by atoms with Crippen molar-refractivity contribution in [1.29, 1.82) is 0 Å². The molecule has 1 aromatic rings. The predicted octanol–water partition coefficient (Wildman–Crippen LogP) is 2.24. The standard InChI is InChI=1S/C14H19NO4/c1-4-15(5-2)14(17)19-12-8-6-7-11(9-12)10-13(16)18-3/h6-9H,4-5,10H2,1-3H3. The van der Waals surface area contributed by atoms with E-state index in [2.05, 4.69) is 4.74 Å². The van der Waals surface area contributed by atoms with E-state index in [1.165, 1.54) is 7.11 Å². The molecule has 0 spiro atoms. The first-order chi connectivity index (χ1) is 9.10. The van der Waals surface area contributed by atoms with Crippen molar-refractivity contribution in [2.45, 2.75) is 20.3 Å². The van der Waals surface area contributed by atoms with Crippen molar-refractivity contribution < 1.29 is 19.1 Å². The molecule has 0 aliphatic heterocycles. The molecule has 5 nitrogen and oxygen atoms in total. The Bertz CT molecular complexity index is 441. The molecule has 0 fully saturated rings. The smallest absolute Gasteiger partial charge is 0.415 e. The number of ether oxygens (including phenoxy) is 2. The monoisotopic (exact) mass is 265 g/mol. The summed E-state index contributed by atoms with van der Waals surface area (Å²) in [6.07, 6.45) is -0.229. The van der Waals surface area contributed by atoms with Crippen LogP contribution >= 0.6 is 0 Å². The first-order valence-corrected chi connectivity index (χ1v) is 6.23. The molecular formula is C14H19NO4. The van der Waals surface area contributed by atoms with Crippen LogP contribution in [0.5, 0.6) is 5.75 Å². The van der Waals surface area contributed by atoms with Crippen LogP contribution in [0, 0.1) is 0 Å². The molecule has 0 heterocycles. The molecule has 0 saturated carbocycles. The van der Waals surface area contributed by atoms with E-state index in [-0.39, 0.29) is 18.5 Å². The molecule has 5 heteroatoms. The Balaban J connectivity index is 2.71. The maximum atomic E-state index is 11.8. The van der Waals surface area contributed by atoms with E-state index in [9.17, 15) is 9.59 Å². The number of hydrogen-bond acceptors (Lipinski definition) is 4. The second-order valence-electron chi connectivity index (χ2n) is 3.94. The summed E-state index contributed by atoms with van der Waals surface area (Å²) in [6.45, 7) is 4.96. The van der Waals surface area contributed by atoms with Gasteiger partial charge in [-0.2, -0.15) is 0 Å². The lowest BCUT2D eigenvalue weighted by molar-refractivity contribution is -0.139. The van der Waals surface area contributed by atoms with Gasteiger partial charge in [0.1, 0.15) is 5.75 Å². The van der Waals surface area contributed by atoms with Crippen LogP contribution in [0.1, 0.15) is 19.4 Å². The van der Waals surface area contributed by atoms with Crippen molar-refractivity contribution in [2.75, 3.05) is 20.2 Å². The Hall–Kier alpha value is -2.04. The molecule has 104 valence electrons. The zero-order valence-electron chi connectivity index (χ0n) is 11.5. The van der Waals surface area contributed by atoms with E-state index in [1.807, 2.05) is 13.8 Å². The normalized spacial score (nSPS) is 9.84. The highest BCUT2D eigenvalue weighted by molar-refractivity contribution is 5.73. The van der Waals surface area contributed by atoms with E-state index < -0.39 is 0 Å². The number of benzene rings is 1. The zero-order chi connectivity index (χ0) is 14.3. The molecule has 0 saturated heterocycles. The van der Waals surface area contributed by atoms with E-state index in [4.69, 9.17) is 4.74 Å². The first kappa shape index (κ1) is 15.0. The predicted molar refractivity (Wildman–Crippen MR) is 71.1 cm³/mol. The third-order valence-corrected chi connectivity index (χ3v) is 2.70. The van der Waals surface area contributed by atoms with E-state index in [1.54, 1.807) is 29.2 Å². The minimum Gasteiger partial charge on any atom is -0.469 e. The molecule has 19 heavy (non-hydrogen) atoms. The molecule has 1 rings (SSSR count). The molecule has 0 atom stereocenters. The summed E-state index contributed by atoms with van der Waals surface area (Å²) in [7, 11) is 1.34. The minimum atomic E-state index is -0.389. The summed E-state index contributed by atoms with van der Waals surface area (Å²) in [6, 6.07) is 6.87. The van der Waals surface area contributed by atoms with Crippen LogP contribution in [0.3, 0.4) is 0 Å². The van der Waals surface area contributed by atoms with Gasteiger partial charge in [0.05, 0.1) is 13.5 Å². The van der Waals surface area contributed by atoms with Gasteiger partial charge >= 0.3 is 12.1 Å². The Kier molecular flexibility index (Phi) is 5.85. The number of carbonyl (C=O) groups excluding carboxylic acids is 2. The average Bonchev–Trinajstić information content (AvgIpc) is 2.40. The highest BCUT2D eigenvalue weighted by Gasteiger charge is 2.12. The van der Waals surface area contributed by atoms with Crippen molar-refractivity contribution in [1.82, 2.24) is 4.90 Å². The van der Waals surface area contributed by atoms with Gasteiger partial charge in [0.15, 0.2) is 0 Å². The van der Waals surface area contributed by atoms with Crippen LogP contribution in [-0.4, -0.2) is 37.2 Å². The molecule has 0 aliphatic carbocycles. The SMILES string of the molecule is CCN(CC)C(=O)Oc1cccc(CC(=O)OC)c1. The number of carbonyl (C=O) groups is 2. The Morgan fingerprint density at radius 2 is 1.89 bits per heavy atom. The number of rotatable bonds is 5. The number of nitrogens with zero attached hydrogens (tertiary/aromatic N) is 1. The second kappa shape index (κ2) is 7.41. The van der Waals surface area contributed by atoms with Crippen molar-refractivity contribution in [2.24, 2.45) is 0 Å². The zero-order valence-corrected chi connectivity index (χ0v) is 11.5. The molecule has 1 amide bonds. The fraction of sp³-hybridized carbons (Fsp3) is 0.429. The topological polar surface area (TPSA) is 55.8 Å². The Morgan fingerprint density at radius 3 is 2.47 bits per heavy atom. The fourth-order valence-electron chi connectivity index (χ4n) is 1.60. The number of esters is 1. The maximum absolute atomic E-state index is 11.8. The lowest BCUT2D eigenvalue weighted by Crippen LogP contribution is -2.33. The van der Waals surface area contributed by atoms with Gasteiger partial charge in [0.2, 0.25) is 0 Å². The summed E-state index contributed by atoms with van der Waals surface area (Å²) in [4.78, 5) is 24.5. The molecule has 1 aromatic carbocycles. The Morgan fingerprint density at radius 1 is 1.21 bits per heavy atom. The highest BCUT2D eigenvalue weighted by atomic mass is 16.6. The summed E-state index contributed by atoms with van der Waals surface area (Å²) in [5, 5.41) is 0. The molecule has 0 unspecified atom stereocenters. The summed E-state index contributed by atoms with van der Waals surface area (Å²) in [5.74, 6) is 0.102. The minimum absolute atomic E-state index is 0.160. The maximum Gasteiger partial charge on any atom is 0.415 e. The molecule has 0 bridgehead atoms. The van der Waals surface area contributed by atoms with Crippen LogP contribution in [0.4, 0.5) is 4.79 Å². The van der Waals surface area contributed by atoms with Crippen LogP contribution < -0.4 is 4.74 Å². The van der Waals surface area contributed by atoms with Crippen molar-refractivity contribution in [3.8, 4) is 5.75 Å². The van der Waals surface area contributed by atoms with Gasteiger partial charge in [-0.05, 0) is 31.5 Å². The third-order valence-electron chi connectivity index (χ3n) is 2.70. The van der Waals surface area contributed by atoms with E-state index in [0.717, 1.165) is 5.56 Å². The van der Waals surface area contributed by atoms with Crippen LogP contribution in [0.2, 0.25) is 0 Å². The number of hydrogen-bond donors (Lipinski definition) is 0. The van der Waals surface area contributed by atoms with E-state index >= 15 is 0 Å². The lowest BCUT2D eigenvalue weighted by atomic mass is 10.1. The van der Waals surface area contributed by atoms with Crippen LogP contribution in [0.25, 0.3) is 0 Å². The summed E-state index contributed by atoms with van der Waals surface area (Å²) in [5.41, 5.74) is 0.747. The number of amides is 1. The third kappa shape index (κ3) is 4.62. The van der Waals surface area contributed by atoms with Gasteiger partial charge in [-0.25, -0.2) is 4.79 Å². The quantitative estimate of drug-likeness (QED) is 0.766.